The molecule has 0 spiro atoms. The molecule has 1 aromatic carbocycles. The van der Waals surface area contributed by atoms with Crippen molar-refractivity contribution in [2.24, 2.45) is 0 Å². The van der Waals surface area contributed by atoms with Crippen molar-refractivity contribution in [2.45, 2.75) is 13.3 Å². The fourth-order valence-corrected chi connectivity index (χ4v) is 2.03. The molecular weight excluding hydrogens is 212 g/mol. The van der Waals surface area contributed by atoms with Crippen molar-refractivity contribution in [3.05, 3.63) is 28.9 Å². The van der Waals surface area contributed by atoms with Crippen LogP contribution in [0.4, 0.5) is 0 Å². The van der Waals surface area contributed by atoms with Gasteiger partial charge in [-0.3, -0.25) is 5.10 Å². The highest BCUT2D eigenvalue weighted by Crippen LogP contribution is 2.32. The Morgan fingerprint density at radius 2 is 2.27 bits per heavy atom. The third-order valence-corrected chi connectivity index (χ3v) is 2.87. The third kappa shape index (κ3) is 1.10. The summed E-state index contributed by atoms with van der Waals surface area (Å²) >= 11 is 5.93. The standard InChI is InChI=1S/C11H9ClN2O/c1-2-6-4-3-5-7-8-10(15-9(6)7)11(12)14-13-8/h3-5H,2H2,1H3,(H,13,14). The van der Waals surface area contributed by atoms with E-state index in [0.29, 0.717) is 10.7 Å². The molecule has 2 aromatic heterocycles. The molecule has 0 saturated carbocycles. The van der Waals surface area contributed by atoms with E-state index in [4.69, 9.17) is 16.0 Å². The molecule has 0 aliphatic heterocycles. The smallest absolute Gasteiger partial charge is 0.192 e. The van der Waals surface area contributed by atoms with E-state index < -0.39 is 0 Å². The SMILES string of the molecule is CCc1cccc2c1oc1c(Cl)[nH]nc12. The van der Waals surface area contributed by atoms with Crippen LogP contribution in [-0.2, 0) is 6.42 Å². The molecule has 0 aliphatic rings. The van der Waals surface area contributed by atoms with Gasteiger partial charge in [-0.1, -0.05) is 30.7 Å². The summed E-state index contributed by atoms with van der Waals surface area (Å²) in [5.74, 6) is 0. The van der Waals surface area contributed by atoms with Crippen LogP contribution in [0.1, 0.15) is 12.5 Å². The van der Waals surface area contributed by atoms with Gasteiger partial charge in [-0.2, -0.15) is 5.10 Å². The Labute approximate surface area is 91.0 Å². The Balaban J connectivity index is 2.53. The first-order valence-electron chi connectivity index (χ1n) is 4.85. The first-order valence-corrected chi connectivity index (χ1v) is 5.23. The fourth-order valence-electron chi connectivity index (χ4n) is 1.86. The quantitative estimate of drug-likeness (QED) is 0.682. The minimum absolute atomic E-state index is 0.461. The Kier molecular flexibility index (Phi) is 1.76. The molecule has 0 atom stereocenters. The molecule has 0 unspecified atom stereocenters. The minimum Gasteiger partial charge on any atom is -0.451 e. The Bertz CT molecular complexity index is 638. The normalized spacial score (nSPS) is 11.6. The van der Waals surface area contributed by atoms with Crippen molar-refractivity contribution in [1.82, 2.24) is 10.2 Å². The number of aromatic nitrogens is 2. The molecule has 1 N–H and O–H groups in total. The van der Waals surface area contributed by atoms with E-state index in [1.165, 1.54) is 5.56 Å². The summed E-state index contributed by atoms with van der Waals surface area (Å²) in [5.41, 5.74) is 3.54. The van der Waals surface area contributed by atoms with Crippen LogP contribution in [-0.4, -0.2) is 10.2 Å². The number of H-pyrrole nitrogens is 1. The summed E-state index contributed by atoms with van der Waals surface area (Å²) in [5, 5.41) is 8.32. The van der Waals surface area contributed by atoms with Crippen molar-refractivity contribution in [3.8, 4) is 0 Å². The number of aryl methyl sites for hydroxylation is 1. The number of rotatable bonds is 1. The number of nitrogens with one attached hydrogen (secondary N) is 1. The van der Waals surface area contributed by atoms with Crippen LogP contribution in [0.5, 0.6) is 0 Å². The monoisotopic (exact) mass is 220 g/mol. The van der Waals surface area contributed by atoms with Crippen LogP contribution in [0.15, 0.2) is 22.6 Å². The van der Waals surface area contributed by atoms with Gasteiger partial charge in [-0.15, -0.1) is 0 Å². The first-order chi connectivity index (χ1) is 7.31. The number of halogens is 1. The lowest BCUT2D eigenvalue weighted by Gasteiger charge is -1.95. The average molecular weight is 221 g/mol. The lowest BCUT2D eigenvalue weighted by Crippen LogP contribution is -1.79. The van der Waals surface area contributed by atoms with E-state index in [1.807, 2.05) is 12.1 Å². The highest BCUT2D eigenvalue weighted by atomic mass is 35.5. The topological polar surface area (TPSA) is 41.8 Å². The summed E-state index contributed by atoms with van der Waals surface area (Å²) < 4.78 is 5.72. The largest absolute Gasteiger partial charge is 0.451 e. The van der Waals surface area contributed by atoms with E-state index in [0.717, 1.165) is 22.9 Å². The van der Waals surface area contributed by atoms with Gasteiger partial charge in [0, 0.05) is 5.39 Å². The maximum Gasteiger partial charge on any atom is 0.192 e. The van der Waals surface area contributed by atoms with Crippen molar-refractivity contribution in [2.75, 3.05) is 0 Å². The summed E-state index contributed by atoms with van der Waals surface area (Å²) in [6.45, 7) is 2.10. The number of hydrogen-bond acceptors (Lipinski definition) is 2. The fraction of sp³-hybridized carbons (Fsp3) is 0.182. The predicted molar refractivity (Wildman–Crippen MR) is 60.3 cm³/mol. The zero-order valence-corrected chi connectivity index (χ0v) is 8.93. The van der Waals surface area contributed by atoms with Crippen molar-refractivity contribution >= 4 is 33.7 Å². The molecule has 0 amide bonds. The van der Waals surface area contributed by atoms with Gasteiger partial charge in [-0.25, -0.2) is 0 Å². The van der Waals surface area contributed by atoms with Crippen molar-refractivity contribution in [1.29, 1.82) is 0 Å². The summed E-state index contributed by atoms with van der Waals surface area (Å²) in [7, 11) is 0. The molecule has 3 rings (SSSR count). The van der Waals surface area contributed by atoms with Crippen LogP contribution in [0.2, 0.25) is 5.15 Å². The molecule has 3 aromatic rings. The highest BCUT2D eigenvalue weighted by Gasteiger charge is 2.14. The van der Waals surface area contributed by atoms with Gasteiger partial charge in [0.05, 0.1) is 0 Å². The molecule has 3 nitrogen and oxygen atoms in total. The number of nitrogens with zero attached hydrogens (tertiary/aromatic N) is 1. The lowest BCUT2D eigenvalue weighted by molar-refractivity contribution is 0.663. The molecule has 4 heteroatoms. The third-order valence-electron chi connectivity index (χ3n) is 2.62. The van der Waals surface area contributed by atoms with E-state index in [2.05, 4.69) is 23.2 Å². The van der Waals surface area contributed by atoms with Crippen molar-refractivity contribution < 1.29 is 4.42 Å². The van der Waals surface area contributed by atoms with Crippen LogP contribution in [0, 0.1) is 0 Å². The second kappa shape index (κ2) is 3.00. The minimum atomic E-state index is 0.461. The Hall–Kier alpha value is -1.48. The molecule has 0 radical (unpaired) electrons. The number of para-hydroxylation sites is 1. The number of furan rings is 1. The van der Waals surface area contributed by atoms with Gasteiger partial charge in [0.2, 0.25) is 0 Å². The van der Waals surface area contributed by atoms with E-state index >= 15 is 0 Å². The molecule has 15 heavy (non-hydrogen) atoms. The van der Waals surface area contributed by atoms with Gasteiger partial charge < -0.3 is 4.42 Å². The molecule has 0 fully saturated rings. The lowest BCUT2D eigenvalue weighted by atomic mass is 10.1. The maximum absolute atomic E-state index is 5.93. The molecule has 0 saturated heterocycles. The molecule has 0 bridgehead atoms. The van der Waals surface area contributed by atoms with Gasteiger partial charge in [0.1, 0.15) is 11.1 Å². The van der Waals surface area contributed by atoms with Crippen LogP contribution in [0.3, 0.4) is 0 Å². The summed E-state index contributed by atoms with van der Waals surface area (Å²) in [4.78, 5) is 0. The van der Waals surface area contributed by atoms with E-state index in [-0.39, 0.29) is 0 Å². The van der Waals surface area contributed by atoms with Crippen molar-refractivity contribution in [3.63, 3.8) is 0 Å². The number of benzene rings is 1. The highest BCUT2D eigenvalue weighted by molar-refractivity contribution is 6.34. The Morgan fingerprint density at radius 3 is 3.07 bits per heavy atom. The van der Waals surface area contributed by atoms with Gasteiger partial charge in [-0.05, 0) is 18.1 Å². The molecule has 2 heterocycles. The second-order valence-electron chi connectivity index (χ2n) is 3.46. The van der Waals surface area contributed by atoms with Gasteiger partial charge >= 0.3 is 0 Å². The van der Waals surface area contributed by atoms with E-state index in [9.17, 15) is 0 Å². The van der Waals surface area contributed by atoms with Crippen LogP contribution in [0.25, 0.3) is 22.1 Å². The average Bonchev–Trinajstić information content (AvgIpc) is 2.79. The number of hydrogen-bond donors (Lipinski definition) is 1. The molecule has 76 valence electrons. The van der Waals surface area contributed by atoms with Gasteiger partial charge in [0.15, 0.2) is 10.7 Å². The number of aromatic amines is 1. The zero-order chi connectivity index (χ0) is 10.4. The van der Waals surface area contributed by atoms with Crippen LogP contribution >= 0.6 is 11.6 Å². The summed E-state index contributed by atoms with van der Waals surface area (Å²) in [6, 6.07) is 6.07. The molecular formula is C11H9ClN2O. The predicted octanol–water partition coefficient (Wildman–Crippen LogP) is 3.52. The van der Waals surface area contributed by atoms with Gasteiger partial charge in [0.25, 0.3) is 0 Å². The first kappa shape index (κ1) is 8.80. The maximum atomic E-state index is 5.93. The van der Waals surface area contributed by atoms with Crippen LogP contribution < -0.4 is 0 Å². The Morgan fingerprint density at radius 1 is 1.40 bits per heavy atom. The summed E-state index contributed by atoms with van der Waals surface area (Å²) in [6.07, 6.45) is 0.939. The number of fused-ring (bicyclic) bond motifs is 3. The molecule has 0 aliphatic carbocycles. The zero-order valence-electron chi connectivity index (χ0n) is 8.17. The van der Waals surface area contributed by atoms with E-state index in [1.54, 1.807) is 0 Å². The second-order valence-corrected chi connectivity index (χ2v) is 3.84.